The van der Waals surface area contributed by atoms with Gasteiger partial charge in [0.1, 0.15) is 0 Å². The predicted molar refractivity (Wildman–Crippen MR) is 109 cm³/mol. The zero-order valence-corrected chi connectivity index (χ0v) is 16.2. The Labute approximate surface area is 160 Å². The molecular formula is C22H25NO2S. The van der Waals surface area contributed by atoms with Gasteiger partial charge in [0.25, 0.3) is 0 Å². The molecule has 0 radical (unpaired) electrons. The third-order valence-electron chi connectivity index (χ3n) is 3.74. The van der Waals surface area contributed by atoms with Crippen LogP contribution < -0.4 is 0 Å². The molecule has 136 valence electrons. The van der Waals surface area contributed by atoms with Gasteiger partial charge in [-0.25, -0.2) is 4.79 Å². The molecule has 0 aromatic heterocycles. The molecule has 0 N–H and O–H groups in total. The van der Waals surface area contributed by atoms with E-state index in [0.717, 1.165) is 23.4 Å². The number of benzene rings is 2. The van der Waals surface area contributed by atoms with Gasteiger partial charge in [-0.1, -0.05) is 67.5 Å². The van der Waals surface area contributed by atoms with Gasteiger partial charge in [0.05, 0.1) is 11.6 Å². The highest BCUT2D eigenvalue weighted by atomic mass is 32.2. The molecule has 0 fully saturated rings. The van der Waals surface area contributed by atoms with Crippen LogP contribution in [-0.4, -0.2) is 11.7 Å². The summed E-state index contributed by atoms with van der Waals surface area (Å²) in [6, 6.07) is 18.6. The van der Waals surface area contributed by atoms with Crippen molar-refractivity contribution in [2.75, 3.05) is 0 Å². The van der Waals surface area contributed by atoms with Crippen LogP contribution in [0.15, 0.2) is 77.3 Å². The Kier molecular flexibility index (Phi) is 8.16. The van der Waals surface area contributed by atoms with E-state index in [2.05, 4.69) is 36.0 Å². The number of rotatable bonds is 9. The molecule has 0 aliphatic rings. The van der Waals surface area contributed by atoms with E-state index < -0.39 is 0 Å². The van der Waals surface area contributed by atoms with Crippen LogP contribution in [0.3, 0.4) is 0 Å². The summed E-state index contributed by atoms with van der Waals surface area (Å²) in [4.78, 5) is 18.0. The van der Waals surface area contributed by atoms with Crippen molar-refractivity contribution in [3.05, 3.63) is 78.4 Å². The first-order valence-corrected chi connectivity index (χ1v) is 9.74. The molecule has 3 nitrogen and oxygen atoms in total. The second kappa shape index (κ2) is 10.6. The average molecular weight is 368 g/mol. The molecule has 0 atom stereocenters. The maximum absolute atomic E-state index is 11.7. The van der Waals surface area contributed by atoms with Crippen molar-refractivity contribution in [1.82, 2.24) is 0 Å². The zero-order chi connectivity index (χ0) is 18.8. The molecule has 0 saturated carbocycles. The monoisotopic (exact) mass is 367 g/mol. The molecule has 2 aromatic rings. The molecule has 0 aliphatic heterocycles. The topological polar surface area (TPSA) is 38.7 Å². The molecule has 0 amide bonds. The minimum absolute atomic E-state index is 0.197. The van der Waals surface area contributed by atoms with Gasteiger partial charge in [-0.15, -0.1) is 18.3 Å². The fourth-order valence-electron chi connectivity index (χ4n) is 2.16. The molecule has 4 heteroatoms. The van der Waals surface area contributed by atoms with Crippen molar-refractivity contribution in [3.63, 3.8) is 0 Å². The second-order valence-corrected chi connectivity index (χ2v) is 7.28. The third-order valence-corrected chi connectivity index (χ3v) is 4.82. The lowest BCUT2D eigenvalue weighted by Gasteiger charge is -2.08. The molecule has 0 unspecified atom stereocenters. The van der Waals surface area contributed by atoms with E-state index in [4.69, 9.17) is 4.84 Å². The number of carbonyl (C=O) groups is 1. The normalized spacial score (nSPS) is 11.4. The lowest BCUT2D eigenvalue weighted by atomic mass is 10.0. The molecule has 0 spiro atoms. The van der Waals surface area contributed by atoms with E-state index >= 15 is 0 Å². The average Bonchev–Trinajstić information content (AvgIpc) is 2.67. The van der Waals surface area contributed by atoms with Crippen molar-refractivity contribution >= 4 is 23.4 Å². The van der Waals surface area contributed by atoms with Crippen LogP contribution >= 0.6 is 11.8 Å². The largest absolute Gasteiger partial charge is 0.337 e. The van der Waals surface area contributed by atoms with Gasteiger partial charge < -0.3 is 4.84 Å². The van der Waals surface area contributed by atoms with Crippen LogP contribution in [-0.2, 0) is 15.4 Å². The molecule has 0 heterocycles. The minimum atomic E-state index is -0.322. The van der Waals surface area contributed by atoms with Crippen LogP contribution in [0.25, 0.3) is 0 Å². The third kappa shape index (κ3) is 6.52. The van der Waals surface area contributed by atoms with Crippen molar-refractivity contribution in [2.24, 2.45) is 11.1 Å². The van der Waals surface area contributed by atoms with E-state index in [1.165, 1.54) is 10.5 Å². The second-order valence-electron chi connectivity index (χ2n) is 6.23. The molecule has 0 bridgehead atoms. The number of nitrogens with zero attached hydrogens (tertiary/aromatic N) is 1. The molecule has 0 aliphatic carbocycles. The smallest absolute Gasteiger partial charge is 0.318 e. The van der Waals surface area contributed by atoms with E-state index in [-0.39, 0.29) is 11.9 Å². The zero-order valence-electron chi connectivity index (χ0n) is 15.4. The standard InChI is InChI=1S/C22H25NO2S/c1-4-5-11-21(23-25-22(24)17(2)3)19-14-12-18(13-15-19)16-26-20-9-7-6-8-10-20/h4,6-10,12-15,17H,1,5,11,16H2,2-3H3/b23-21+. The Hall–Kier alpha value is -2.33. The van der Waals surface area contributed by atoms with E-state index in [0.29, 0.717) is 6.42 Å². The van der Waals surface area contributed by atoms with E-state index in [1.807, 2.05) is 36.4 Å². The van der Waals surface area contributed by atoms with Crippen LogP contribution in [0.2, 0.25) is 0 Å². The Morgan fingerprint density at radius 3 is 2.46 bits per heavy atom. The highest BCUT2D eigenvalue weighted by molar-refractivity contribution is 7.98. The van der Waals surface area contributed by atoms with Crippen LogP contribution in [0.5, 0.6) is 0 Å². The van der Waals surface area contributed by atoms with Crippen molar-refractivity contribution in [3.8, 4) is 0 Å². The molecule has 2 rings (SSSR count). The molecular weight excluding hydrogens is 342 g/mol. The number of oxime groups is 1. The maximum atomic E-state index is 11.7. The Bertz CT molecular complexity index is 736. The highest BCUT2D eigenvalue weighted by Gasteiger charge is 2.10. The highest BCUT2D eigenvalue weighted by Crippen LogP contribution is 2.22. The fraction of sp³-hybridized carbons (Fsp3) is 0.273. The minimum Gasteiger partial charge on any atom is -0.318 e. The molecule has 2 aromatic carbocycles. The summed E-state index contributed by atoms with van der Waals surface area (Å²) in [6.45, 7) is 7.34. The van der Waals surface area contributed by atoms with Crippen LogP contribution in [0.1, 0.15) is 37.8 Å². The first-order chi connectivity index (χ1) is 12.6. The van der Waals surface area contributed by atoms with Gasteiger partial charge in [0.2, 0.25) is 0 Å². The molecule has 26 heavy (non-hydrogen) atoms. The first kappa shape index (κ1) is 20.0. The van der Waals surface area contributed by atoms with E-state index in [1.54, 1.807) is 25.6 Å². The summed E-state index contributed by atoms with van der Waals surface area (Å²) in [5.41, 5.74) is 2.97. The summed E-state index contributed by atoms with van der Waals surface area (Å²) < 4.78 is 0. The number of hydrogen-bond acceptors (Lipinski definition) is 4. The SMILES string of the molecule is C=CCC/C(=N\OC(=O)C(C)C)c1ccc(CSc2ccccc2)cc1. The summed E-state index contributed by atoms with van der Waals surface area (Å²) in [5, 5.41) is 4.09. The summed E-state index contributed by atoms with van der Waals surface area (Å²) >= 11 is 1.81. The number of carbonyl (C=O) groups excluding carboxylic acids is 1. The summed E-state index contributed by atoms with van der Waals surface area (Å²) in [5.74, 6) is 0.389. The lowest BCUT2D eigenvalue weighted by Crippen LogP contribution is -2.11. The number of hydrogen-bond donors (Lipinski definition) is 0. The lowest BCUT2D eigenvalue weighted by molar-refractivity contribution is -0.147. The van der Waals surface area contributed by atoms with Crippen molar-refractivity contribution in [2.45, 2.75) is 37.3 Å². The van der Waals surface area contributed by atoms with Gasteiger partial charge in [0.15, 0.2) is 0 Å². The van der Waals surface area contributed by atoms with Gasteiger partial charge in [-0.05, 0) is 36.1 Å². The molecule has 0 saturated heterocycles. The van der Waals surface area contributed by atoms with Gasteiger partial charge >= 0.3 is 5.97 Å². The quantitative estimate of drug-likeness (QED) is 0.183. The fourth-order valence-corrected chi connectivity index (χ4v) is 3.04. The Balaban J connectivity index is 2.04. The number of thioether (sulfide) groups is 1. The predicted octanol–water partition coefficient (Wildman–Crippen LogP) is 5.85. The van der Waals surface area contributed by atoms with Gasteiger partial charge in [0, 0.05) is 10.6 Å². The number of allylic oxidation sites excluding steroid dienone is 1. The summed E-state index contributed by atoms with van der Waals surface area (Å²) in [6.07, 6.45) is 3.31. The first-order valence-electron chi connectivity index (χ1n) is 8.76. The van der Waals surface area contributed by atoms with Crippen LogP contribution in [0, 0.1) is 5.92 Å². The van der Waals surface area contributed by atoms with Crippen molar-refractivity contribution < 1.29 is 9.63 Å². The van der Waals surface area contributed by atoms with Gasteiger partial charge in [-0.2, -0.15) is 0 Å². The van der Waals surface area contributed by atoms with Crippen LogP contribution in [0.4, 0.5) is 0 Å². The van der Waals surface area contributed by atoms with Gasteiger partial charge in [-0.3, -0.25) is 0 Å². The summed E-state index contributed by atoms with van der Waals surface area (Å²) in [7, 11) is 0. The maximum Gasteiger partial charge on any atom is 0.337 e. The van der Waals surface area contributed by atoms with Crippen molar-refractivity contribution in [1.29, 1.82) is 0 Å². The Morgan fingerprint density at radius 2 is 1.85 bits per heavy atom. The Morgan fingerprint density at radius 1 is 1.15 bits per heavy atom. The van der Waals surface area contributed by atoms with E-state index in [9.17, 15) is 4.79 Å².